The number of alkyl halides is 2. The van der Waals surface area contributed by atoms with Crippen molar-refractivity contribution in [2.24, 2.45) is 0 Å². The smallest absolute Gasteiger partial charge is 0.256 e. The van der Waals surface area contributed by atoms with E-state index in [0.717, 1.165) is 25.7 Å². The van der Waals surface area contributed by atoms with Gasteiger partial charge >= 0.3 is 0 Å². The zero-order valence-electron chi connectivity index (χ0n) is 8.28. The first kappa shape index (κ1) is 10.9. The van der Waals surface area contributed by atoms with Crippen LogP contribution in [-0.4, -0.2) is 18.5 Å². The van der Waals surface area contributed by atoms with Crippen molar-refractivity contribution in [2.45, 2.75) is 57.4 Å². The molecule has 78 valence electrons. The lowest BCUT2D eigenvalue weighted by molar-refractivity contribution is 0.0209. The normalized spacial score (nSPS) is 23.1. The zero-order chi connectivity index (χ0) is 9.73. The van der Waals surface area contributed by atoms with Crippen molar-refractivity contribution in [3.63, 3.8) is 0 Å². The Morgan fingerprint density at radius 2 is 1.69 bits per heavy atom. The maximum Gasteiger partial charge on any atom is 0.256 e. The monoisotopic (exact) mass is 191 g/mol. The molecule has 1 aliphatic rings. The summed E-state index contributed by atoms with van der Waals surface area (Å²) < 4.78 is 25.8. The molecule has 3 heteroatoms. The van der Waals surface area contributed by atoms with E-state index in [2.05, 4.69) is 5.32 Å². The van der Waals surface area contributed by atoms with Gasteiger partial charge in [0.1, 0.15) is 0 Å². The Bertz CT molecular complexity index is 140. The summed E-state index contributed by atoms with van der Waals surface area (Å²) in [6.07, 6.45) is 3.16. The van der Waals surface area contributed by atoms with Gasteiger partial charge in [-0.05, 0) is 19.4 Å². The summed E-state index contributed by atoms with van der Waals surface area (Å²) in [4.78, 5) is 0. The molecule has 0 heterocycles. The average molecular weight is 191 g/mol. The highest BCUT2D eigenvalue weighted by molar-refractivity contribution is 4.91. The lowest BCUT2D eigenvalue weighted by Gasteiger charge is -2.32. The highest BCUT2D eigenvalue weighted by atomic mass is 19.3. The molecule has 0 spiro atoms. The van der Waals surface area contributed by atoms with E-state index >= 15 is 0 Å². The summed E-state index contributed by atoms with van der Waals surface area (Å²) in [6.45, 7) is 2.54. The number of halogens is 2. The topological polar surface area (TPSA) is 12.0 Å². The molecule has 1 rings (SSSR count). The maximum atomic E-state index is 12.9. The van der Waals surface area contributed by atoms with Gasteiger partial charge in [0.2, 0.25) is 0 Å². The van der Waals surface area contributed by atoms with Crippen LogP contribution in [0.1, 0.15) is 45.4 Å². The molecule has 13 heavy (non-hydrogen) atoms. The van der Waals surface area contributed by atoms with E-state index in [-0.39, 0.29) is 0 Å². The van der Waals surface area contributed by atoms with Gasteiger partial charge in [0.25, 0.3) is 6.43 Å². The molecule has 1 aliphatic carbocycles. The molecule has 0 aromatic heterocycles. The van der Waals surface area contributed by atoms with Crippen LogP contribution in [0.25, 0.3) is 0 Å². The van der Waals surface area contributed by atoms with Crippen molar-refractivity contribution < 1.29 is 8.78 Å². The van der Waals surface area contributed by atoms with E-state index in [1.807, 2.05) is 6.92 Å². The molecule has 0 unspecified atom stereocenters. The first-order chi connectivity index (χ1) is 6.21. The van der Waals surface area contributed by atoms with Gasteiger partial charge in [-0.25, -0.2) is 8.78 Å². The average Bonchev–Trinajstić information content (AvgIpc) is 2.31. The molecule has 1 saturated carbocycles. The summed E-state index contributed by atoms with van der Waals surface area (Å²) in [5, 5.41) is 2.99. The van der Waals surface area contributed by atoms with Gasteiger partial charge in [0, 0.05) is 0 Å². The standard InChI is InChI=1S/C10H19F2N/c1-2-13-10(9(11)12)7-5-3-4-6-8-10/h9,13H,2-8H2,1H3. The summed E-state index contributed by atoms with van der Waals surface area (Å²) in [5.41, 5.74) is -0.870. The first-order valence-corrected chi connectivity index (χ1v) is 5.24. The third kappa shape index (κ3) is 2.63. The van der Waals surface area contributed by atoms with Crippen molar-refractivity contribution in [1.29, 1.82) is 0 Å². The number of rotatable bonds is 3. The van der Waals surface area contributed by atoms with Gasteiger partial charge in [-0.3, -0.25) is 0 Å². The van der Waals surface area contributed by atoms with Crippen LogP contribution >= 0.6 is 0 Å². The zero-order valence-corrected chi connectivity index (χ0v) is 8.28. The van der Waals surface area contributed by atoms with E-state index in [1.165, 1.54) is 0 Å². The van der Waals surface area contributed by atoms with E-state index in [1.54, 1.807) is 0 Å². The lowest BCUT2D eigenvalue weighted by atomic mass is 9.90. The summed E-state index contributed by atoms with van der Waals surface area (Å²) in [5.74, 6) is 0. The predicted molar refractivity (Wildman–Crippen MR) is 50.1 cm³/mol. The van der Waals surface area contributed by atoms with Crippen LogP contribution in [0.15, 0.2) is 0 Å². The van der Waals surface area contributed by atoms with Crippen molar-refractivity contribution in [3.8, 4) is 0 Å². The van der Waals surface area contributed by atoms with Crippen molar-refractivity contribution in [3.05, 3.63) is 0 Å². The Hall–Kier alpha value is -0.180. The molecule has 0 bridgehead atoms. The van der Waals surface area contributed by atoms with Crippen LogP contribution in [0.2, 0.25) is 0 Å². The van der Waals surface area contributed by atoms with Crippen LogP contribution < -0.4 is 5.32 Å². The fourth-order valence-corrected chi connectivity index (χ4v) is 2.18. The predicted octanol–water partition coefficient (Wildman–Crippen LogP) is 2.95. The number of hydrogen-bond acceptors (Lipinski definition) is 1. The highest BCUT2D eigenvalue weighted by Gasteiger charge is 2.38. The van der Waals surface area contributed by atoms with Crippen LogP contribution in [0.4, 0.5) is 8.78 Å². The molecule has 1 fully saturated rings. The molecular weight excluding hydrogens is 172 g/mol. The number of nitrogens with one attached hydrogen (secondary N) is 1. The second kappa shape index (κ2) is 4.89. The Balaban J connectivity index is 2.62. The van der Waals surface area contributed by atoms with Crippen molar-refractivity contribution in [2.75, 3.05) is 6.54 Å². The fraction of sp³-hybridized carbons (Fsp3) is 1.00. The molecule has 0 aromatic carbocycles. The molecular formula is C10H19F2N. The summed E-state index contributed by atoms with van der Waals surface area (Å²) >= 11 is 0. The molecule has 1 nitrogen and oxygen atoms in total. The fourth-order valence-electron chi connectivity index (χ4n) is 2.18. The van der Waals surface area contributed by atoms with Crippen LogP contribution in [0.3, 0.4) is 0 Å². The molecule has 0 radical (unpaired) electrons. The SMILES string of the molecule is CCNC1(C(F)F)CCCCCC1. The first-order valence-electron chi connectivity index (χ1n) is 5.24. The molecule has 0 atom stereocenters. The van der Waals surface area contributed by atoms with Crippen LogP contribution in [0, 0.1) is 0 Å². The third-order valence-electron chi connectivity index (χ3n) is 2.94. The largest absolute Gasteiger partial charge is 0.307 e. The minimum atomic E-state index is -2.22. The minimum absolute atomic E-state index is 0.637. The van der Waals surface area contributed by atoms with Gasteiger partial charge in [0.05, 0.1) is 5.54 Å². The molecule has 0 amide bonds. The van der Waals surface area contributed by atoms with E-state index in [9.17, 15) is 8.78 Å². The number of hydrogen-bond donors (Lipinski definition) is 1. The van der Waals surface area contributed by atoms with Gasteiger partial charge < -0.3 is 5.32 Å². The Kier molecular flexibility index (Phi) is 4.10. The Morgan fingerprint density at radius 3 is 2.08 bits per heavy atom. The van der Waals surface area contributed by atoms with Gasteiger partial charge in [-0.15, -0.1) is 0 Å². The summed E-state index contributed by atoms with van der Waals surface area (Å²) in [7, 11) is 0. The molecule has 1 N–H and O–H groups in total. The van der Waals surface area contributed by atoms with Crippen molar-refractivity contribution in [1.82, 2.24) is 5.32 Å². The molecule has 0 saturated heterocycles. The van der Waals surface area contributed by atoms with Crippen LogP contribution in [-0.2, 0) is 0 Å². The van der Waals surface area contributed by atoms with Crippen LogP contribution in [0.5, 0.6) is 0 Å². The minimum Gasteiger partial charge on any atom is -0.307 e. The molecule has 0 aromatic rings. The third-order valence-corrected chi connectivity index (χ3v) is 2.94. The van der Waals surface area contributed by atoms with Gasteiger partial charge in [-0.2, -0.15) is 0 Å². The van der Waals surface area contributed by atoms with E-state index in [0.29, 0.717) is 19.4 Å². The highest BCUT2D eigenvalue weighted by Crippen LogP contribution is 2.32. The summed E-state index contributed by atoms with van der Waals surface area (Å²) in [6, 6.07) is 0. The lowest BCUT2D eigenvalue weighted by Crippen LogP contribution is -2.50. The van der Waals surface area contributed by atoms with Gasteiger partial charge in [0.15, 0.2) is 0 Å². The van der Waals surface area contributed by atoms with E-state index in [4.69, 9.17) is 0 Å². The Labute approximate surface area is 78.9 Å². The maximum absolute atomic E-state index is 12.9. The quantitative estimate of drug-likeness (QED) is 0.676. The second-order valence-corrected chi connectivity index (χ2v) is 3.90. The second-order valence-electron chi connectivity index (χ2n) is 3.90. The van der Waals surface area contributed by atoms with Gasteiger partial charge in [-0.1, -0.05) is 32.6 Å². The Morgan fingerprint density at radius 1 is 1.15 bits per heavy atom. The molecule has 0 aliphatic heterocycles. The van der Waals surface area contributed by atoms with E-state index < -0.39 is 12.0 Å². The van der Waals surface area contributed by atoms with Crippen molar-refractivity contribution >= 4 is 0 Å².